The lowest BCUT2D eigenvalue weighted by atomic mass is 10.2. The van der Waals surface area contributed by atoms with Crippen LogP contribution in [-0.2, 0) is 9.84 Å². The van der Waals surface area contributed by atoms with E-state index in [0.29, 0.717) is 18.2 Å². The smallest absolute Gasteiger partial charge is 0.179 e. The fourth-order valence-electron chi connectivity index (χ4n) is 2.06. The van der Waals surface area contributed by atoms with Crippen LogP contribution < -0.4 is 0 Å². The van der Waals surface area contributed by atoms with Crippen molar-refractivity contribution in [3.05, 3.63) is 29.8 Å². The van der Waals surface area contributed by atoms with E-state index in [0.717, 1.165) is 13.0 Å². The number of nitriles is 1. The predicted molar refractivity (Wildman–Crippen MR) is 80.2 cm³/mol. The molecule has 0 aromatic heterocycles. The zero-order valence-electron chi connectivity index (χ0n) is 12.3. The molecule has 0 aliphatic rings. The highest BCUT2D eigenvalue weighted by Gasteiger charge is 2.18. The molecule has 0 fully saturated rings. The monoisotopic (exact) mass is 294 g/mol. The van der Waals surface area contributed by atoms with Crippen LogP contribution in [0.3, 0.4) is 0 Å². The van der Waals surface area contributed by atoms with Crippen molar-refractivity contribution in [2.75, 3.05) is 18.8 Å². The normalized spacial score (nSPS) is 13.2. The van der Waals surface area contributed by atoms with E-state index < -0.39 is 9.84 Å². The third-order valence-electron chi connectivity index (χ3n) is 3.59. The number of sulfone groups is 1. The van der Waals surface area contributed by atoms with Gasteiger partial charge in [-0.15, -0.1) is 0 Å². The number of hydrogen-bond acceptors (Lipinski definition) is 4. The van der Waals surface area contributed by atoms with Crippen molar-refractivity contribution in [1.82, 2.24) is 4.90 Å². The molecular formula is C15H22N2O2S. The van der Waals surface area contributed by atoms with Gasteiger partial charge in [-0.3, -0.25) is 4.90 Å². The van der Waals surface area contributed by atoms with Crippen molar-refractivity contribution < 1.29 is 8.42 Å². The summed E-state index contributed by atoms with van der Waals surface area (Å²) in [7, 11) is -3.33. The molecule has 1 aromatic rings. The fraction of sp³-hybridized carbons (Fsp3) is 0.533. The Labute approximate surface area is 121 Å². The van der Waals surface area contributed by atoms with Gasteiger partial charge in [0.15, 0.2) is 9.84 Å². The van der Waals surface area contributed by atoms with Gasteiger partial charge in [-0.2, -0.15) is 5.26 Å². The molecule has 0 spiro atoms. The molecule has 0 bridgehead atoms. The minimum absolute atomic E-state index is 0.0834. The third-order valence-corrected chi connectivity index (χ3v) is 5.28. The van der Waals surface area contributed by atoms with Gasteiger partial charge < -0.3 is 0 Å². The van der Waals surface area contributed by atoms with Crippen molar-refractivity contribution >= 4 is 9.84 Å². The standard InChI is InChI=1S/C15H22N2O2S/c1-4-13(3)17(5-2)9-10-20(18,19)15-8-6-7-14(11-15)12-16/h6-8,11,13H,4-5,9-10H2,1-3H3. The molecule has 0 aliphatic carbocycles. The van der Waals surface area contributed by atoms with Gasteiger partial charge in [0, 0.05) is 12.6 Å². The van der Waals surface area contributed by atoms with Gasteiger partial charge in [-0.25, -0.2) is 8.42 Å². The molecule has 4 nitrogen and oxygen atoms in total. The first-order valence-electron chi connectivity index (χ1n) is 6.91. The van der Waals surface area contributed by atoms with E-state index in [9.17, 15) is 8.42 Å². The zero-order chi connectivity index (χ0) is 15.2. The van der Waals surface area contributed by atoms with Crippen LogP contribution in [0.4, 0.5) is 0 Å². The summed E-state index contributed by atoms with van der Waals surface area (Å²) in [6.07, 6.45) is 0.998. The van der Waals surface area contributed by atoms with E-state index in [-0.39, 0.29) is 10.6 Å². The maximum atomic E-state index is 12.3. The van der Waals surface area contributed by atoms with E-state index in [1.807, 2.05) is 13.0 Å². The molecule has 5 heteroatoms. The first-order chi connectivity index (χ1) is 9.44. The summed E-state index contributed by atoms with van der Waals surface area (Å²) in [5.41, 5.74) is 0.375. The molecule has 0 N–H and O–H groups in total. The Bertz CT molecular complexity index is 576. The number of nitrogens with zero attached hydrogens (tertiary/aromatic N) is 2. The van der Waals surface area contributed by atoms with E-state index in [2.05, 4.69) is 18.7 Å². The molecule has 0 heterocycles. The van der Waals surface area contributed by atoms with Gasteiger partial charge >= 0.3 is 0 Å². The molecule has 1 aromatic carbocycles. The average Bonchev–Trinajstić information content (AvgIpc) is 2.47. The second-order valence-electron chi connectivity index (χ2n) is 4.84. The summed E-state index contributed by atoms with van der Waals surface area (Å²) in [5.74, 6) is 0.0834. The Hall–Kier alpha value is -1.38. The van der Waals surface area contributed by atoms with Crippen molar-refractivity contribution in [2.45, 2.75) is 38.1 Å². The number of rotatable bonds is 7. The lowest BCUT2D eigenvalue weighted by Gasteiger charge is -2.26. The number of hydrogen-bond donors (Lipinski definition) is 0. The molecule has 0 amide bonds. The lowest BCUT2D eigenvalue weighted by Crippen LogP contribution is -2.36. The van der Waals surface area contributed by atoms with Gasteiger partial charge in [0.25, 0.3) is 0 Å². The number of benzene rings is 1. The van der Waals surface area contributed by atoms with E-state index in [1.54, 1.807) is 18.2 Å². The summed E-state index contributed by atoms with van der Waals surface area (Å²) in [4.78, 5) is 2.39. The van der Waals surface area contributed by atoms with Crippen LogP contribution in [0.1, 0.15) is 32.8 Å². The topological polar surface area (TPSA) is 61.2 Å². The Morgan fingerprint density at radius 3 is 2.60 bits per heavy atom. The molecule has 20 heavy (non-hydrogen) atoms. The van der Waals surface area contributed by atoms with Gasteiger partial charge in [0.05, 0.1) is 22.3 Å². The van der Waals surface area contributed by atoms with Crippen LogP contribution in [0, 0.1) is 11.3 Å². The lowest BCUT2D eigenvalue weighted by molar-refractivity contribution is 0.227. The van der Waals surface area contributed by atoms with Crippen molar-refractivity contribution in [2.24, 2.45) is 0 Å². The van der Waals surface area contributed by atoms with E-state index >= 15 is 0 Å². The molecule has 1 atom stereocenters. The predicted octanol–water partition coefficient (Wildman–Crippen LogP) is 2.45. The van der Waals surface area contributed by atoms with Gasteiger partial charge in [-0.1, -0.05) is 19.9 Å². The van der Waals surface area contributed by atoms with Crippen molar-refractivity contribution in [1.29, 1.82) is 5.26 Å². The Balaban J connectivity index is 2.82. The second-order valence-corrected chi connectivity index (χ2v) is 6.95. The van der Waals surface area contributed by atoms with Gasteiger partial charge in [0.2, 0.25) is 0 Å². The third kappa shape index (κ3) is 4.32. The molecule has 0 saturated heterocycles. The summed E-state index contributed by atoms with van der Waals surface area (Å²) >= 11 is 0. The summed E-state index contributed by atoms with van der Waals surface area (Å²) in [5, 5.41) is 8.84. The van der Waals surface area contributed by atoms with E-state index in [1.165, 1.54) is 6.07 Å². The van der Waals surface area contributed by atoms with E-state index in [4.69, 9.17) is 5.26 Å². The Morgan fingerprint density at radius 2 is 2.05 bits per heavy atom. The average molecular weight is 294 g/mol. The first-order valence-corrected chi connectivity index (χ1v) is 8.56. The first kappa shape index (κ1) is 16.7. The Morgan fingerprint density at radius 1 is 1.35 bits per heavy atom. The van der Waals surface area contributed by atoms with Crippen LogP contribution in [0.15, 0.2) is 29.2 Å². The molecule has 1 unspecified atom stereocenters. The maximum absolute atomic E-state index is 12.3. The van der Waals surface area contributed by atoms with Crippen molar-refractivity contribution in [3.63, 3.8) is 0 Å². The summed E-state index contributed by atoms with van der Waals surface area (Å²) < 4.78 is 24.6. The quantitative estimate of drug-likeness (QED) is 0.775. The molecule has 0 saturated carbocycles. The molecule has 1 rings (SSSR count). The molecule has 110 valence electrons. The highest BCUT2D eigenvalue weighted by Crippen LogP contribution is 2.14. The Kier molecular flexibility index (Phi) is 6.18. The zero-order valence-corrected chi connectivity index (χ0v) is 13.2. The largest absolute Gasteiger partial charge is 0.300 e. The maximum Gasteiger partial charge on any atom is 0.179 e. The molecule has 0 aliphatic heterocycles. The van der Waals surface area contributed by atoms with Crippen molar-refractivity contribution in [3.8, 4) is 6.07 Å². The SMILES string of the molecule is CCC(C)N(CC)CCS(=O)(=O)c1cccc(C#N)c1. The molecule has 0 radical (unpaired) electrons. The van der Waals surface area contributed by atoms with Crippen LogP contribution in [0.5, 0.6) is 0 Å². The fourth-order valence-corrected chi connectivity index (χ4v) is 3.37. The highest BCUT2D eigenvalue weighted by molar-refractivity contribution is 7.91. The van der Waals surface area contributed by atoms with Gasteiger partial charge in [-0.05, 0) is 38.1 Å². The molecular weight excluding hydrogens is 272 g/mol. The van der Waals surface area contributed by atoms with Crippen LogP contribution in [0.25, 0.3) is 0 Å². The second kappa shape index (κ2) is 7.41. The van der Waals surface area contributed by atoms with Crippen LogP contribution >= 0.6 is 0 Å². The van der Waals surface area contributed by atoms with Crippen LogP contribution in [0.2, 0.25) is 0 Å². The summed E-state index contributed by atoms with van der Waals surface area (Å²) in [6.45, 7) is 7.59. The van der Waals surface area contributed by atoms with Gasteiger partial charge in [0.1, 0.15) is 0 Å². The minimum Gasteiger partial charge on any atom is -0.300 e. The minimum atomic E-state index is -3.33. The summed E-state index contributed by atoms with van der Waals surface area (Å²) in [6, 6.07) is 8.55. The van der Waals surface area contributed by atoms with Crippen LogP contribution in [-0.4, -0.2) is 38.2 Å². The highest BCUT2D eigenvalue weighted by atomic mass is 32.2.